The van der Waals surface area contributed by atoms with Crippen LogP contribution >= 0.6 is 11.3 Å². The Bertz CT molecular complexity index is 708. The molecule has 2 fully saturated rings. The van der Waals surface area contributed by atoms with E-state index in [9.17, 15) is 13.2 Å². The van der Waals surface area contributed by atoms with Crippen LogP contribution in [0.5, 0.6) is 0 Å². The summed E-state index contributed by atoms with van der Waals surface area (Å²) in [6.07, 6.45) is 3.12. The number of amides is 1. The topological polar surface area (TPSA) is 69.7 Å². The second kappa shape index (κ2) is 7.96. The smallest absolute Gasteiger partial charge is 0.239 e. The van der Waals surface area contributed by atoms with Crippen molar-refractivity contribution in [2.75, 3.05) is 31.9 Å². The number of sulfonamides is 1. The first-order valence-corrected chi connectivity index (χ1v) is 12.0. The van der Waals surface area contributed by atoms with Crippen molar-refractivity contribution in [2.24, 2.45) is 5.41 Å². The third kappa shape index (κ3) is 4.13. The van der Waals surface area contributed by atoms with Gasteiger partial charge in [-0.05, 0) is 60.2 Å². The number of rotatable bonds is 8. The first kappa shape index (κ1) is 19.8. The first-order chi connectivity index (χ1) is 12.4. The number of piperidine rings is 1. The number of carbonyl (C=O) groups excluding carboxylic acids is 1. The van der Waals surface area contributed by atoms with Crippen molar-refractivity contribution in [1.82, 2.24) is 14.5 Å². The van der Waals surface area contributed by atoms with Gasteiger partial charge in [0.25, 0.3) is 0 Å². The maximum absolute atomic E-state index is 13.0. The summed E-state index contributed by atoms with van der Waals surface area (Å²) in [7, 11) is -3.56. The lowest BCUT2D eigenvalue weighted by atomic mass is 9.93. The minimum absolute atomic E-state index is 0.170. The maximum atomic E-state index is 13.0. The van der Waals surface area contributed by atoms with Crippen LogP contribution in [0.1, 0.15) is 38.7 Å². The standard InChI is InChI=1S/C18H29N3O3S2/c1-3-20(4-2)26(23,24)14-17(22)21(12-15-5-10-25-13-15)16-11-18(16)6-8-19-9-7-18/h5,10,13,16,19H,3-4,6-9,11-12,14H2,1-2H3. The van der Waals surface area contributed by atoms with Gasteiger partial charge in [0, 0.05) is 25.7 Å². The predicted molar refractivity (Wildman–Crippen MR) is 105 cm³/mol. The van der Waals surface area contributed by atoms with Crippen LogP contribution in [0.2, 0.25) is 0 Å². The molecule has 146 valence electrons. The van der Waals surface area contributed by atoms with E-state index in [0.29, 0.717) is 19.6 Å². The van der Waals surface area contributed by atoms with Crippen LogP contribution in [0.25, 0.3) is 0 Å². The van der Waals surface area contributed by atoms with Crippen molar-refractivity contribution in [3.63, 3.8) is 0 Å². The fraction of sp³-hybridized carbons (Fsp3) is 0.722. The summed E-state index contributed by atoms with van der Waals surface area (Å²) in [5, 5.41) is 7.41. The van der Waals surface area contributed by atoms with Gasteiger partial charge in [0.05, 0.1) is 0 Å². The monoisotopic (exact) mass is 399 g/mol. The molecule has 1 aromatic rings. The van der Waals surface area contributed by atoms with Crippen molar-refractivity contribution in [2.45, 2.75) is 45.7 Å². The molecule has 1 aliphatic carbocycles. The van der Waals surface area contributed by atoms with Gasteiger partial charge in [0.15, 0.2) is 0 Å². The Morgan fingerprint density at radius 1 is 1.31 bits per heavy atom. The Morgan fingerprint density at radius 3 is 2.58 bits per heavy atom. The number of hydrogen-bond donors (Lipinski definition) is 1. The highest BCUT2D eigenvalue weighted by atomic mass is 32.2. The number of nitrogens with zero attached hydrogens (tertiary/aromatic N) is 2. The highest BCUT2D eigenvalue weighted by molar-refractivity contribution is 7.89. The van der Waals surface area contributed by atoms with Crippen LogP contribution in [0.3, 0.4) is 0 Å². The van der Waals surface area contributed by atoms with Crippen LogP contribution in [0, 0.1) is 5.41 Å². The van der Waals surface area contributed by atoms with Crippen molar-refractivity contribution in [3.8, 4) is 0 Å². The molecular formula is C18H29N3O3S2. The number of nitrogens with one attached hydrogen (secondary N) is 1. The van der Waals surface area contributed by atoms with E-state index in [2.05, 4.69) is 5.32 Å². The quantitative estimate of drug-likeness (QED) is 0.725. The van der Waals surface area contributed by atoms with Crippen LogP contribution in [-0.2, 0) is 21.4 Å². The van der Waals surface area contributed by atoms with Gasteiger partial charge < -0.3 is 10.2 Å². The van der Waals surface area contributed by atoms with Crippen molar-refractivity contribution in [3.05, 3.63) is 22.4 Å². The third-order valence-electron chi connectivity index (χ3n) is 5.78. The van der Waals surface area contributed by atoms with E-state index in [1.165, 1.54) is 4.31 Å². The molecular weight excluding hydrogens is 370 g/mol. The predicted octanol–water partition coefficient (Wildman–Crippen LogP) is 1.89. The first-order valence-electron chi connectivity index (χ1n) is 9.41. The molecule has 1 spiro atoms. The average Bonchev–Trinajstić information content (AvgIpc) is 3.04. The molecule has 0 radical (unpaired) electrons. The van der Waals surface area contributed by atoms with E-state index in [4.69, 9.17) is 0 Å². The SMILES string of the molecule is CCN(CC)S(=O)(=O)CC(=O)N(Cc1ccsc1)C1CC12CCNCC2. The van der Waals surface area contributed by atoms with E-state index in [-0.39, 0.29) is 17.4 Å². The molecule has 1 N–H and O–H groups in total. The van der Waals surface area contributed by atoms with E-state index < -0.39 is 15.8 Å². The van der Waals surface area contributed by atoms with Gasteiger partial charge in [-0.2, -0.15) is 11.3 Å². The largest absolute Gasteiger partial charge is 0.334 e. The van der Waals surface area contributed by atoms with Gasteiger partial charge in [0.1, 0.15) is 5.75 Å². The van der Waals surface area contributed by atoms with Gasteiger partial charge in [-0.15, -0.1) is 0 Å². The molecule has 1 aliphatic heterocycles. The molecule has 1 saturated carbocycles. The van der Waals surface area contributed by atoms with E-state index >= 15 is 0 Å². The second-order valence-electron chi connectivity index (χ2n) is 7.33. The Balaban J connectivity index is 1.76. The summed E-state index contributed by atoms with van der Waals surface area (Å²) >= 11 is 1.60. The minimum Gasteiger partial charge on any atom is -0.334 e. The van der Waals surface area contributed by atoms with E-state index in [0.717, 1.165) is 37.9 Å². The summed E-state index contributed by atoms with van der Waals surface area (Å²) in [5.41, 5.74) is 1.27. The molecule has 0 bridgehead atoms. The van der Waals surface area contributed by atoms with Crippen molar-refractivity contribution in [1.29, 1.82) is 0 Å². The fourth-order valence-corrected chi connectivity index (χ4v) is 6.23. The fourth-order valence-electron chi connectivity index (χ4n) is 4.13. The zero-order chi connectivity index (χ0) is 18.8. The van der Waals surface area contributed by atoms with Gasteiger partial charge in [0.2, 0.25) is 15.9 Å². The molecule has 0 aromatic carbocycles. The average molecular weight is 400 g/mol. The van der Waals surface area contributed by atoms with Gasteiger partial charge in [-0.1, -0.05) is 13.8 Å². The Morgan fingerprint density at radius 2 is 2.00 bits per heavy atom. The molecule has 2 aliphatic rings. The normalized spacial score (nSPS) is 21.9. The summed E-state index contributed by atoms with van der Waals surface area (Å²) in [4.78, 5) is 14.9. The Labute approximate surface area is 160 Å². The molecule has 6 nitrogen and oxygen atoms in total. The van der Waals surface area contributed by atoms with Crippen LogP contribution in [0.15, 0.2) is 16.8 Å². The third-order valence-corrected chi connectivity index (χ3v) is 8.43. The zero-order valence-corrected chi connectivity index (χ0v) is 17.2. The van der Waals surface area contributed by atoms with Crippen molar-refractivity contribution < 1.29 is 13.2 Å². The summed E-state index contributed by atoms with van der Waals surface area (Å²) in [6.45, 7) is 6.88. The molecule has 8 heteroatoms. The highest BCUT2D eigenvalue weighted by Crippen LogP contribution is 2.56. The summed E-state index contributed by atoms with van der Waals surface area (Å²) in [6, 6.07) is 2.19. The van der Waals surface area contributed by atoms with E-state index in [1.54, 1.807) is 25.2 Å². The second-order valence-corrected chi connectivity index (χ2v) is 10.1. The van der Waals surface area contributed by atoms with Crippen molar-refractivity contribution >= 4 is 27.3 Å². The molecule has 1 aromatic heterocycles. The number of thiophene rings is 1. The molecule has 3 rings (SSSR count). The number of carbonyl (C=O) groups is 1. The summed E-state index contributed by atoms with van der Waals surface area (Å²) in [5.74, 6) is -0.688. The van der Waals surface area contributed by atoms with Gasteiger partial charge in [-0.25, -0.2) is 12.7 Å². The summed E-state index contributed by atoms with van der Waals surface area (Å²) < 4.78 is 26.6. The van der Waals surface area contributed by atoms with Crippen LogP contribution in [-0.4, -0.2) is 61.5 Å². The minimum atomic E-state index is -3.56. The van der Waals surface area contributed by atoms with Gasteiger partial charge in [-0.3, -0.25) is 4.79 Å². The lowest BCUT2D eigenvalue weighted by Gasteiger charge is -2.30. The highest BCUT2D eigenvalue weighted by Gasteiger charge is 2.57. The Hall–Kier alpha value is -0.960. The molecule has 2 heterocycles. The van der Waals surface area contributed by atoms with Gasteiger partial charge >= 0.3 is 0 Å². The van der Waals surface area contributed by atoms with Crippen LogP contribution < -0.4 is 5.32 Å². The lowest BCUT2D eigenvalue weighted by molar-refractivity contribution is -0.130. The zero-order valence-electron chi connectivity index (χ0n) is 15.6. The Kier molecular flexibility index (Phi) is 6.06. The number of hydrogen-bond acceptors (Lipinski definition) is 5. The molecule has 1 saturated heterocycles. The molecule has 26 heavy (non-hydrogen) atoms. The van der Waals surface area contributed by atoms with E-state index in [1.807, 2.05) is 21.7 Å². The maximum Gasteiger partial charge on any atom is 0.239 e. The lowest BCUT2D eigenvalue weighted by Crippen LogP contribution is -2.44. The molecule has 1 unspecified atom stereocenters. The van der Waals surface area contributed by atoms with Crippen LogP contribution in [0.4, 0.5) is 0 Å². The molecule has 1 atom stereocenters. The molecule has 1 amide bonds.